The van der Waals surface area contributed by atoms with Gasteiger partial charge in [-0.05, 0) is 24.3 Å². The van der Waals surface area contributed by atoms with Crippen LogP contribution in [0, 0.1) is 11.7 Å². The van der Waals surface area contributed by atoms with Crippen LogP contribution in [0.25, 0.3) is 0 Å². The van der Waals surface area contributed by atoms with Gasteiger partial charge in [0.05, 0.1) is 26.3 Å². The summed E-state index contributed by atoms with van der Waals surface area (Å²) in [6.07, 6.45) is 2.09. The Labute approximate surface area is 139 Å². The smallest absolute Gasteiger partial charge is 0.335 e. The lowest BCUT2D eigenvalue weighted by molar-refractivity contribution is -0.858. The van der Waals surface area contributed by atoms with Crippen molar-refractivity contribution in [3.05, 3.63) is 30.1 Å². The average molecular weight is 335 g/mol. The number of halogens is 1. The quantitative estimate of drug-likeness (QED) is 0.423. The van der Waals surface area contributed by atoms with Crippen molar-refractivity contribution in [1.29, 1.82) is 0 Å². The fourth-order valence-electron chi connectivity index (χ4n) is 2.26. The van der Waals surface area contributed by atoms with E-state index >= 15 is 0 Å². The summed E-state index contributed by atoms with van der Waals surface area (Å²) >= 11 is 0. The van der Waals surface area contributed by atoms with Crippen molar-refractivity contribution in [1.82, 2.24) is 5.32 Å². The predicted octanol–water partition coefficient (Wildman–Crippen LogP) is -0.370. The number of aliphatic imine (C=N–C) groups is 1. The van der Waals surface area contributed by atoms with Crippen molar-refractivity contribution in [2.75, 3.05) is 32.1 Å². The van der Waals surface area contributed by atoms with Crippen molar-refractivity contribution >= 4 is 29.7 Å². The molecule has 1 aromatic rings. The van der Waals surface area contributed by atoms with Gasteiger partial charge < -0.3 is 4.90 Å². The molecular weight excluding hydrogens is 315 g/mol. The Morgan fingerprint density at radius 1 is 1.25 bits per heavy atom. The minimum Gasteiger partial charge on any atom is -0.340 e. The second-order valence-corrected chi connectivity index (χ2v) is 5.79. The zero-order valence-corrected chi connectivity index (χ0v) is 13.6. The van der Waals surface area contributed by atoms with Gasteiger partial charge in [-0.1, -0.05) is 0 Å². The third-order valence-electron chi connectivity index (χ3n) is 3.51. The molecule has 1 heterocycles. The number of nitrogens with zero attached hydrogens (tertiary/aromatic N) is 2. The number of quaternary nitrogens is 1. The van der Waals surface area contributed by atoms with Gasteiger partial charge in [0.15, 0.2) is 5.92 Å². The van der Waals surface area contributed by atoms with Gasteiger partial charge in [-0.15, -0.1) is 0 Å². The van der Waals surface area contributed by atoms with E-state index in [-0.39, 0.29) is 5.69 Å². The molecule has 1 unspecified atom stereocenters. The highest BCUT2D eigenvalue weighted by Gasteiger charge is 2.40. The lowest BCUT2D eigenvalue weighted by Gasteiger charge is -2.28. The Balaban J connectivity index is 2.10. The molecule has 2 N–H and O–H groups in total. The van der Waals surface area contributed by atoms with Gasteiger partial charge in [0.2, 0.25) is 5.91 Å². The molecule has 7 nitrogen and oxygen atoms in total. The molecule has 4 amide bonds. The number of hydrogen-bond acceptors (Lipinski definition) is 4. The molecule has 0 aliphatic carbocycles. The summed E-state index contributed by atoms with van der Waals surface area (Å²) in [6, 6.07) is 4.03. The van der Waals surface area contributed by atoms with E-state index in [9.17, 15) is 18.8 Å². The van der Waals surface area contributed by atoms with Crippen LogP contribution in [0.4, 0.5) is 14.9 Å². The molecule has 0 bridgehead atoms. The number of urea groups is 1. The Morgan fingerprint density at radius 2 is 1.92 bits per heavy atom. The molecule has 0 aromatic heterocycles. The first-order chi connectivity index (χ1) is 11.4. The third kappa shape index (κ3) is 4.23. The van der Waals surface area contributed by atoms with Gasteiger partial charge in [-0.25, -0.2) is 14.1 Å². The fraction of sp³-hybridized carbons (Fsp3) is 0.375. The largest absolute Gasteiger partial charge is 0.340 e. The maximum atomic E-state index is 13.0. The van der Waals surface area contributed by atoms with Crippen LogP contribution in [0.15, 0.2) is 29.3 Å². The summed E-state index contributed by atoms with van der Waals surface area (Å²) in [6.45, 7) is 1.41. The first kappa shape index (κ1) is 17.7. The summed E-state index contributed by atoms with van der Waals surface area (Å²) in [5, 5.41) is 2.12. The van der Waals surface area contributed by atoms with E-state index in [1.54, 1.807) is 0 Å². The standard InChI is InChI=1S/C16H19FN4O3/c1-20(2)9-3-8-18-10-13-14(22)19-16(24)21(15(13)23)12-6-4-11(17)5-7-12/h4-7,10,13H,3,8-9H2,1-2H3,(H,19,22,24)/p+1. The van der Waals surface area contributed by atoms with Crippen LogP contribution in [-0.4, -0.2) is 51.2 Å². The lowest BCUT2D eigenvalue weighted by atomic mass is 10.1. The normalized spacial score (nSPS) is 18.6. The number of barbiturate groups is 1. The predicted molar refractivity (Wildman–Crippen MR) is 86.6 cm³/mol. The van der Waals surface area contributed by atoms with Crippen LogP contribution >= 0.6 is 0 Å². The SMILES string of the molecule is C[NH+](C)CCCN=CC1C(=O)NC(=O)N(c2ccc(F)cc2)C1=O. The number of imide groups is 2. The molecule has 0 spiro atoms. The molecule has 1 aliphatic heterocycles. The zero-order chi connectivity index (χ0) is 17.7. The molecule has 8 heteroatoms. The highest BCUT2D eigenvalue weighted by molar-refractivity contribution is 6.32. The molecule has 128 valence electrons. The number of carbonyl (C=O) groups is 3. The van der Waals surface area contributed by atoms with Crippen LogP contribution in [0.3, 0.4) is 0 Å². The number of benzene rings is 1. The summed E-state index contributed by atoms with van der Waals surface area (Å²) < 4.78 is 13.0. The molecule has 2 rings (SSSR count). The minimum absolute atomic E-state index is 0.195. The van der Waals surface area contributed by atoms with Crippen molar-refractivity contribution < 1.29 is 23.7 Å². The Morgan fingerprint density at radius 3 is 2.54 bits per heavy atom. The molecular formula is C16H20FN4O3+. The van der Waals surface area contributed by atoms with E-state index < -0.39 is 29.6 Å². The molecule has 0 saturated carbocycles. The summed E-state index contributed by atoms with van der Waals surface area (Å²) in [4.78, 5) is 42.5. The van der Waals surface area contributed by atoms with E-state index in [1.807, 2.05) is 14.1 Å². The fourth-order valence-corrected chi connectivity index (χ4v) is 2.26. The van der Waals surface area contributed by atoms with Gasteiger partial charge in [0.1, 0.15) is 5.82 Å². The molecule has 1 aromatic carbocycles. The van der Waals surface area contributed by atoms with Crippen molar-refractivity contribution in [2.45, 2.75) is 6.42 Å². The third-order valence-corrected chi connectivity index (χ3v) is 3.51. The molecule has 0 radical (unpaired) electrons. The van der Waals surface area contributed by atoms with Gasteiger partial charge in [-0.2, -0.15) is 0 Å². The maximum absolute atomic E-state index is 13.0. The Hall–Kier alpha value is -2.61. The lowest BCUT2D eigenvalue weighted by Crippen LogP contribution is -3.05. The van der Waals surface area contributed by atoms with E-state index in [4.69, 9.17) is 0 Å². The number of hydrogen-bond donors (Lipinski definition) is 2. The monoisotopic (exact) mass is 335 g/mol. The maximum Gasteiger partial charge on any atom is 0.335 e. The number of amides is 4. The molecule has 1 fully saturated rings. The highest BCUT2D eigenvalue weighted by Crippen LogP contribution is 2.20. The van der Waals surface area contributed by atoms with Crippen LogP contribution < -0.4 is 15.1 Å². The summed E-state index contributed by atoms with van der Waals surface area (Å²) in [5.74, 6) is -3.05. The van der Waals surface area contributed by atoms with Gasteiger partial charge >= 0.3 is 6.03 Å². The molecule has 1 atom stereocenters. The van der Waals surface area contributed by atoms with Gasteiger partial charge in [0, 0.05) is 19.2 Å². The molecule has 1 aliphatic rings. The van der Waals surface area contributed by atoms with E-state index in [2.05, 4.69) is 10.3 Å². The van der Waals surface area contributed by atoms with Crippen molar-refractivity contribution in [3.8, 4) is 0 Å². The second-order valence-electron chi connectivity index (χ2n) is 5.79. The van der Waals surface area contributed by atoms with Crippen LogP contribution in [-0.2, 0) is 9.59 Å². The molecule has 24 heavy (non-hydrogen) atoms. The van der Waals surface area contributed by atoms with Crippen LogP contribution in [0.2, 0.25) is 0 Å². The highest BCUT2D eigenvalue weighted by atomic mass is 19.1. The van der Waals surface area contributed by atoms with E-state index in [0.29, 0.717) is 6.54 Å². The summed E-state index contributed by atoms with van der Waals surface area (Å²) in [5.41, 5.74) is 0.195. The Bertz CT molecular complexity index is 658. The van der Waals surface area contributed by atoms with E-state index in [0.717, 1.165) is 30.0 Å². The van der Waals surface area contributed by atoms with E-state index in [1.165, 1.54) is 23.2 Å². The number of rotatable bonds is 6. The first-order valence-electron chi connectivity index (χ1n) is 7.63. The van der Waals surface area contributed by atoms with Crippen LogP contribution in [0.1, 0.15) is 6.42 Å². The van der Waals surface area contributed by atoms with Crippen LogP contribution in [0.5, 0.6) is 0 Å². The van der Waals surface area contributed by atoms with Crippen molar-refractivity contribution in [2.24, 2.45) is 10.9 Å². The number of carbonyl (C=O) groups excluding carboxylic acids is 3. The second kappa shape index (κ2) is 7.78. The average Bonchev–Trinajstić information content (AvgIpc) is 2.51. The molecule has 1 saturated heterocycles. The first-order valence-corrected chi connectivity index (χ1v) is 7.63. The zero-order valence-electron chi connectivity index (χ0n) is 13.6. The van der Waals surface area contributed by atoms with Gasteiger partial charge in [0.25, 0.3) is 5.91 Å². The van der Waals surface area contributed by atoms with Crippen molar-refractivity contribution in [3.63, 3.8) is 0 Å². The Kier molecular flexibility index (Phi) is 5.75. The van der Waals surface area contributed by atoms with Gasteiger partial charge in [-0.3, -0.25) is 19.9 Å². The number of nitrogens with one attached hydrogen (secondary N) is 2. The topological polar surface area (TPSA) is 83.3 Å². The minimum atomic E-state index is -1.17. The summed E-state index contributed by atoms with van der Waals surface area (Å²) in [7, 11) is 4.04. The number of anilines is 1.